The van der Waals surface area contributed by atoms with Gasteiger partial charge in [0.25, 0.3) is 0 Å². The number of hydrogen-bond acceptors (Lipinski definition) is 2. The van der Waals surface area contributed by atoms with E-state index in [1.54, 1.807) is 19.1 Å². The van der Waals surface area contributed by atoms with E-state index in [4.69, 9.17) is 5.73 Å². The Bertz CT molecular complexity index is 355. The van der Waals surface area contributed by atoms with Crippen LogP contribution in [0.2, 0.25) is 0 Å². The monoisotopic (exact) mass is 211 g/mol. The molecule has 0 aromatic heterocycles. The van der Waals surface area contributed by atoms with Crippen LogP contribution < -0.4 is 16.4 Å². The van der Waals surface area contributed by atoms with Gasteiger partial charge in [-0.1, -0.05) is 6.07 Å². The zero-order valence-electron chi connectivity index (χ0n) is 8.51. The molecule has 82 valence electrons. The van der Waals surface area contributed by atoms with Crippen LogP contribution in [-0.4, -0.2) is 19.1 Å². The highest BCUT2D eigenvalue weighted by Crippen LogP contribution is 2.16. The number of halogens is 1. The lowest BCUT2D eigenvalue weighted by Gasteiger charge is -2.09. The lowest BCUT2D eigenvalue weighted by atomic mass is 10.2. The van der Waals surface area contributed by atoms with Gasteiger partial charge in [-0.3, -0.25) is 0 Å². The van der Waals surface area contributed by atoms with Crippen molar-refractivity contribution in [2.75, 3.05) is 18.4 Å². The molecule has 0 aliphatic carbocycles. The summed E-state index contributed by atoms with van der Waals surface area (Å²) in [5, 5.41) is 5.07. The maximum atomic E-state index is 13.1. The first-order valence-corrected chi connectivity index (χ1v) is 4.65. The van der Waals surface area contributed by atoms with Crippen molar-refractivity contribution in [2.45, 2.75) is 6.92 Å². The standard InChI is InChI=1S/C10H14FN3O/c1-7-8(11)3-2-4-9(7)14-10(15)13-6-5-12/h2-4H,5-6,12H2,1H3,(H2,13,14,15). The summed E-state index contributed by atoms with van der Waals surface area (Å²) in [4.78, 5) is 11.2. The Hall–Kier alpha value is -1.62. The van der Waals surface area contributed by atoms with E-state index in [1.165, 1.54) is 6.07 Å². The van der Waals surface area contributed by atoms with E-state index in [9.17, 15) is 9.18 Å². The van der Waals surface area contributed by atoms with Crippen molar-refractivity contribution in [3.8, 4) is 0 Å². The highest BCUT2D eigenvalue weighted by Gasteiger charge is 2.05. The second-order valence-electron chi connectivity index (χ2n) is 3.08. The average Bonchev–Trinajstić information content (AvgIpc) is 2.22. The minimum absolute atomic E-state index is 0.341. The second-order valence-corrected chi connectivity index (χ2v) is 3.08. The SMILES string of the molecule is Cc1c(F)cccc1NC(=O)NCCN. The summed E-state index contributed by atoms with van der Waals surface area (Å²) in [6.07, 6.45) is 0. The summed E-state index contributed by atoms with van der Waals surface area (Å²) >= 11 is 0. The fraction of sp³-hybridized carbons (Fsp3) is 0.300. The van der Waals surface area contributed by atoms with E-state index in [0.717, 1.165) is 0 Å². The molecule has 0 fully saturated rings. The normalized spacial score (nSPS) is 9.80. The largest absolute Gasteiger partial charge is 0.337 e. The molecule has 0 aliphatic heterocycles. The summed E-state index contributed by atoms with van der Waals surface area (Å²) in [6, 6.07) is 4.15. The van der Waals surface area contributed by atoms with Crippen LogP contribution in [0.1, 0.15) is 5.56 Å². The van der Waals surface area contributed by atoms with E-state index in [1.807, 2.05) is 0 Å². The molecule has 1 aromatic carbocycles. The second kappa shape index (κ2) is 5.31. The predicted molar refractivity (Wildman–Crippen MR) is 57.2 cm³/mol. The Balaban J connectivity index is 2.64. The zero-order valence-corrected chi connectivity index (χ0v) is 8.51. The quantitative estimate of drug-likeness (QED) is 0.703. The Labute approximate surface area is 87.7 Å². The van der Waals surface area contributed by atoms with E-state index in [0.29, 0.717) is 24.3 Å². The van der Waals surface area contributed by atoms with Gasteiger partial charge in [0.05, 0.1) is 0 Å². The Kier molecular flexibility index (Phi) is 4.05. The number of benzene rings is 1. The third kappa shape index (κ3) is 3.21. The number of hydrogen-bond donors (Lipinski definition) is 3. The van der Waals surface area contributed by atoms with Crippen LogP contribution in [0.4, 0.5) is 14.9 Å². The van der Waals surface area contributed by atoms with Crippen molar-refractivity contribution in [1.82, 2.24) is 5.32 Å². The number of nitrogens with one attached hydrogen (secondary N) is 2. The summed E-state index contributed by atoms with van der Waals surface area (Å²) in [6.45, 7) is 2.36. The van der Waals surface area contributed by atoms with Crippen LogP contribution in [0.5, 0.6) is 0 Å². The molecule has 0 radical (unpaired) electrons. The van der Waals surface area contributed by atoms with Crippen LogP contribution in [0.15, 0.2) is 18.2 Å². The Morgan fingerprint density at radius 1 is 1.53 bits per heavy atom. The number of carbonyl (C=O) groups is 1. The Morgan fingerprint density at radius 2 is 2.27 bits per heavy atom. The minimum atomic E-state index is -0.380. The van der Waals surface area contributed by atoms with Gasteiger partial charge in [-0.2, -0.15) is 0 Å². The fourth-order valence-electron chi connectivity index (χ4n) is 1.10. The smallest absolute Gasteiger partial charge is 0.319 e. The molecule has 0 unspecified atom stereocenters. The number of anilines is 1. The maximum Gasteiger partial charge on any atom is 0.319 e. The molecule has 0 aliphatic rings. The molecule has 0 heterocycles. The fourth-order valence-corrected chi connectivity index (χ4v) is 1.10. The van der Waals surface area contributed by atoms with Crippen LogP contribution >= 0.6 is 0 Å². The zero-order chi connectivity index (χ0) is 11.3. The average molecular weight is 211 g/mol. The van der Waals surface area contributed by atoms with Crippen LogP contribution in [0.3, 0.4) is 0 Å². The topological polar surface area (TPSA) is 67.2 Å². The van der Waals surface area contributed by atoms with Gasteiger partial charge in [-0.25, -0.2) is 9.18 Å². The highest BCUT2D eigenvalue weighted by molar-refractivity contribution is 5.90. The third-order valence-electron chi connectivity index (χ3n) is 1.95. The third-order valence-corrected chi connectivity index (χ3v) is 1.95. The van der Waals surface area contributed by atoms with Crippen molar-refractivity contribution in [3.63, 3.8) is 0 Å². The van der Waals surface area contributed by atoms with E-state index >= 15 is 0 Å². The molecular weight excluding hydrogens is 197 g/mol. The summed E-state index contributed by atoms with van der Waals surface area (Å²) < 4.78 is 13.1. The first kappa shape index (κ1) is 11.5. The molecule has 4 nitrogen and oxygen atoms in total. The predicted octanol–water partition coefficient (Wildman–Crippen LogP) is 1.21. The first-order chi connectivity index (χ1) is 7.15. The van der Waals surface area contributed by atoms with Crippen LogP contribution in [0, 0.1) is 12.7 Å². The van der Waals surface area contributed by atoms with Crippen molar-refractivity contribution in [3.05, 3.63) is 29.6 Å². The van der Waals surface area contributed by atoms with Gasteiger partial charge >= 0.3 is 6.03 Å². The molecule has 0 spiro atoms. The molecule has 2 amide bonds. The highest BCUT2D eigenvalue weighted by atomic mass is 19.1. The van der Waals surface area contributed by atoms with Gasteiger partial charge < -0.3 is 16.4 Å². The molecule has 15 heavy (non-hydrogen) atoms. The maximum absolute atomic E-state index is 13.1. The molecule has 0 atom stereocenters. The van der Waals surface area contributed by atoms with Crippen molar-refractivity contribution in [2.24, 2.45) is 5.73 Å². The summed E-state index contributed by atoms with van der Waals surface area (Å²) in [5.41, 5.74) is 6.10. The lowest BCUT2D eigenvalue weighted by Crippen LogP contribution is -2.33. The number of rotatable bonds is 3. The Morgan fingerprint density at radius 3 is 2.93 bits per heavy atom. The number of carbonyl (C=O) groups excluding carboxylic acids is 1. The van der Waals surface area contributed by atoms with Gasteiger partial charge in [0.2, 0.25) is 0 Å². The number of nitrogens with two attached hydrogens (primary N) is 1. The minimum Gasteiger partial charge on any atom is -0.337 e. The molecule has 0 saturated carbocycles. The van der Waals surface area contributed by atoms with E-state index in [-0.39, 0.29) is 11.8 Å². The number of amides is 2. The molecule has 5 heteroatoms. The lowest BCUT2D eigenvalue weighted by molar-refractivity contribution is 0.252. The molecular formula is C10H14FN3O. The van der Waals surface area contributed by atoms with Gasteiger partial charge in [-0.05, 0) is 19.1 Å². The first-order valence-electron chi connectivity index (χ1n) is 4.65. The molecule has 1 aromatic rings. The molecule has 0 bridgehead atoms. The summed E-state index contributed by atoms with van der Waals surface area (Å²) in [7, 11) is 0. The molecule has 0 saturated heterocycles. The van der Waals surface area contributed by atoms with E-state index in [2.05, 4.69) is 10.6 Å². The van der Waals surface area contributed by atoms with Crippen molar-refractivity contribution in [1.29, 1.82) is 0 Å². The van der Waals surface area contributed by atoms with Crippen LogP contribution in [0.25, 0.3) is 0 Å². The van der Waals surface area contributed by atoms with Crippen molar-refractivity contribution >= 4 is 11.7 Å². The van der Waals surface area contributed by atoms with Crippen molar-refractivity contribution < 1.29 is 9.18 Å². The molecule has 1 rings (SSSR count). The van der Waals surface area contributed by atoms with Gasteiger partial charge in [0.1, 0.15) is 5.82 Å². The van der Waals surface area contributed by atoms with Gasteiger partial charge in [-0.15, -0.1) is 0 Å². The van der Waals surface area contributed by atoms with Gasteiger partial charge in [0.15, 0.2) is 0 Å². The van der Waals surface area contributed by atoms with E-state index < -0.39 is 0 Å². The summed E-state index contributed by atoms with van der Waals surface area (Å²) in [5.74, 6) is -0.341. The van der Waals surface area contributed by atoms with Gasteiger partial charge in [0, 0.05) is 24.3 Å². The number of urea groups is 1. The van der Waals surface area contributed by atoms with Crippen LogP contribution in [-0.2, 0) is 0 Å². The molecule has 4 N–H and O–H groups in total.